The largest absolute Gasteiger partial charge is 0.393 e. The number of likely N-dealkylation sites (N-methyl/N-ethyl adjacent to an activating group) is 1. The lowest BCUT2D eigenvalue weighted by molar-refractivity contribution is 0.00149. The maximum Gasteiger partial charge on any atom is 0.101 e. The molecule has 1 N–H and O–H groups in total. The van der Waals surface area contributed by atoms with Crippen LogP contribution in [0.25, 0.3) is 0 Å². The van der Waals surface area contributed by atoms with Gasteiger partial charge in [-0.1, -0.05) is 0 Å². The number of hydrogen-bond donors (Lipinski definition) is 1. The zero-order chi connectivity index (χ0) is 7.59. The molecule has 0 saturated carbocycles. The van der Waals surface area contributed by atoms with Gasteiger partial charge in [-0.05, 0) is 19.9 Å². The van der Waals surface area contributed by atoms with Crippen molar-refractivity contribution in [1.82, 2.24) is 4.90 Å². The first kappa shape index (κ1) is 6.40. The highest BCUT2D eigenvalue weighted by molar-refractivity contribution is 5.13. The third-order valence-electron chi connectivity index (χ3n) is 3.39. The van der Waals surface area contributed by atoms with Crippen molar-refractivity contribution in [2.45, 2.75) is 43.2 Å². The fourth-order valence-electron chi connectivity index (χ4n) is 2.72. The molecule has 0 aromatic carbocycles. The predicted octanol–water partition coefficient (Wildman–Crippen LogP) is -0.409. The Balaban J connectivity index is 1.90. The van der Waals surface area contributed by atoms with Crippen molar-refractivity contribution in [2.75, 3.05) is 7.05 Å². The van der Waals surface area contributed by atoms with Gasteiger partial charge in [0.1, 0.15) is 12.2 Å². The molecule has 3 fully saturated rings. The van der Waals surface area contributed by atoms with Gasteiger partial charge in [-0.25, -0.2) is 0 Å². The Bertz CT molecular complexity index is 179. The van der Waals surface area contributed by atoms with Crippen LogP contribution in [0.5, 0.6) is 0 Å². The summed E-state index contributed by atoms with van der Waals surface area (Å²) in [5.41, 5.74) is 0. The SMILES string of the molecule is CN1[C@@H]2CC(O)C[C@@H]1[C@H]1O[C@@H]12. The van der Waals surface area contributed by atoms with Crippen molar-refractivity contribution < 1.29 is 9.84 Å². The molecule has 3 saturated heterocycles. The van der Waals surface area contributed by atoms with Crippen LogP contribution in [0.2, 0.25) is 0 Å². The van der Waals surface area contributed by atoms with Gasteiger partial charge < -0.3 is 9.84 Å². The number of aliphatic hydroxyl groups is 1. The van der Waals surface area contributed by atoms with Crippen molar-refractivity contribution in [2.24, 2.45) is 0 Å². The second kappa shape index (κ2) is 1.79. The molecule has 3 aliphatic rings. The molecule has 62 valence electrons. The minimum atomic E-state index is -0.0717. The van der Waals surface area contributed by atoms with Gasteiger partial charge in [0.25, 0.3) is 0 Å². The van der Waals surface area contributed by atoms with E-state index in [2.05, 4.69) is 11.9 Å². The van der Waals surface area contributed by atoms with Gasteiger partial charge in [-0.2, -0.15) is 0 Å². The summed E-state index contributed by atoms with van der Waals surface area (Å²) in [4.78, 5) is 2.38. The topological polar surface area (TPSA) is 36.0 Å². The molecule has 3 aliphatic heterocycles. The lowest BCUT2D eigenvalue weighted by atomic mass is 10.00. The Morgan fingerprint density at radius 1 is 1.27 bits per heavy atom. The van der Waals surface area contributed by atoms with Crippen molar-refractivity contribution >= 4 is 0 Å². The molecule has 0 aliphatic carbocycles. The first-order chi connectivity index (χ1) is 5.27. The number of fused-ring (bicyclic) bond motifs is 5. The van der Waals surface area contributed by atoms with Gasteiger partial charge in [-0.15, -0.1) is 0 Å². The van der Waals surface area contributed by atoms with Crippen molar-refractivity contribution in [3.63, 3.8) is 0 Å². The molecule has 0 amide bonds. The summed E-state index contributed by atoms with van der Waals surface area (Å²) in [5.74, 6) is 0. The molecule has 3 heterocycles. The maximum atomic E-state index is 9.46. The van der Waals surface area contributed by atoms with E-state index in [4.69, 9.17) is 4.74 Å². The molecule has 3 heteroatoms. The molecule has 3 nitrogen and oxygen atoms in total. The maximum absolute atomic E-state index is 9.46. The fraction of sp³-hybridized carbons (Fsp3) is 1.00. The molecule has 0 aromatic heterocycles. The second-order valence-electron chi connectivity index (χ2n) is 3.99. The highest BCUT2D eigenvalue weighted by Gasteiger charge is 2.62. The lowest BCUT2D eigenvalue weighted by Gasteiger charge is -2.36. The fourth-order valence-corrected chi connectivity index (χ4v) is 2.72. The van der Waals surface area contributed by atoms with Crippen LogP contribution in [0.4, 0.5) is 0 Å². The Morgan fingerprint density at radius 3 is 2.36 bits per heavy atom. The summed E-state index contributed by atoms with van der Waals surface area (Å²) >= 11 is 0. The van der Waals surface area contributed by atoms with Crippen LogP contribution in [-0.2, 0) is 4.74 Å². The number of epoxide rings is 1. The molecule has 3 rings (SSSR count). The summed E-state index contributed by atoms with van der Waals surface area (Å²) in [5, 5.41) is 9.46. The van der Waals surface area contributed by atoms with Gasteiger partial charge in [0.2, 0.25) is 0 Å². The number of nitrogens with zero attached hydrogens (tertiary/aromatic N) is 1. The molecule has 4 atom stereocenters. The van der Waals surface area contributed by atoms with E-state index in [9.17, 15) is 5.11 Å². The minimum absolute atomic E-state index is 0.0717. The number of aliphatic hydroxyl groups excluding tert-OH is 1. The number of rotatable bonds is 0. The minimum Gasteiger partial charge on any atom is -0.393 e. The van der Waals surface area contributed by atoms with Crippen LogP contribution in [0.15, 0.2) is 0 Å². The van der Waals surface area contributed by atoms with Crippen LogP contribution in [0, 0.1) is 0 Å². The van der Waals surface area contributed by atoms with E-state index < -0.39 is 0 Å². The van der Waals surface area contributed by atoms with Crippen LogP contribution in [-0.4, -0.2) is 47.4 Å². The van der Waals surface area contributed by atoms with Crippen LogP contribution >= 0.6 is 0 Å². The van der Waals surface area contributed by atoms with Gasteiger partial charge in [0, 0.05) is 12.1 Å². The molecule has 11 heavy (non-hydrogen) atoms. The van der Waals surface area contributed by atoms with E-state index in [0.29, 0.717) is 24.3 Å². The molecular weight excluding hydrogens is 142 g/mol. The van der Waals surface area contributed by atoms with Crippen molar-refractivity contribution in [1.29, 1.82) is 0 Å². The lowest BCUT2D eigenvalue weighted by Crippen LogP contribution is -2.46. The highest BCUT2D eigenvalue weighted by Crippen LogP contribution is 2.47. The summed E-state index contributed by atoms with van der Waals surface area (Å²) in [6, 6.07) is 1.02. The van der Waals surface area contributed by atoms with E-state index in [1.165, 1.54) is 0 Å². The third-order valence-corrected chi connectivity index (χ3v) is 3.39. The Labute approximate surface area is 65.9 Å². The van der Waals surface area contributed by atoms with Crippen LogP contribution < -0.4 is 0 Å². The summed E-state index contributed by atoms with van der Waals surface area (Å²) in [6.45, 7) is 0. The zero-order valence-corrected chi connectivity index (χ0v) is 6.60. The van der Waals surface area contributed by atoms with E-state index in [1.54, 1.807) is 0 Å². The average Bonchev–Trinajstić information content (AvgIpc) is 2.66. The first-order valence-electron chi connectivity index (χ1n) is 4.33. The molecule has 0 radical (unpaired) electrons. The molecule has 0 unspecified atom stereocenters. The van der Waals surface area contributed by atoms with Crippen LogP contribution in [0.1, 0.15) is 12.8 Å². The quantitative estimate of drug-likeness (QED) is 0.483. The predicted molar refractivity (Wildman–Crippen MR) is 39.2 cm³/mol. The normalized spacial score (nSPS) is 61.1. The summed E-state index contributed by atoms with van der Waals surface area (Å²) < 4.78 is 5.49. The number of morpholine rings is 1. The van der Waals surface area contributed by atoms with Gasteiger partial charge in [0.15, 0.2) is 0 Å². The summed E-state index contributed by atoms with van der Waals surface area (Å²) in [7, 11) is 2.15. The first-order valence-corrected chi connectivity index (χ1v) is 4.33. The van der Waals surface area contributed by atoms with E-state index in [-0.39, 0.29) is 6.10 Å². The zero-order valence-electron chi connectivity index (χ0n) is 6.60. The van der Waals surface area contributed by atoms with Crippen LogP contribution in [0.3, 0.4) is 0 Å². The van der Waals surface area contributed by atoms with Gasteiger partial charge in [-0.3, -0.25) is 4.90 Å². The van der Waals surface area contributed by atoms with E-state index in [1.807, 2.05) is 0 Å². The Hall–Kier alpha value is -0.120. The number of hydrogen-bond acceptors (Lipinski definition) is 3. The Kier molecular flexibility index (Phi) is 1.04. The molecular formula is C8H13NO2. The van der Waals surface area contributed by atoms with E-state index in [0.717, 1.165) is 12.8 Å². The standard InChI is InChI=1S/C8H13NO2/c1-9-5-2-4(10)3-6(9)8-7(5)11-8/h4-8,10H,2-3H2,1H3/t5-,6-,7-,8-/m1/s1. The molecule has 0 aromatic rings. The molecule has 2 bridgehead atoms. The van der Waals surface area contributed by atoms with Gasteiger partial charge >= 0.3 is 0 Å². The smallest absolute Gasteiger partial charge is 0.101 e. The summed E-state index contributed by atoms with van der Waals surface area (Å²) in [6.07, 6.45) is 2.67. The number of ether oxygens (including phenoxy) is 1. The average molecular weight is 155 g/mol. The number of piperidine rings is 1. The Morgan fingerprint density at radius 2 is 1.82 bits per heavy atom. The van der Waals surface area contributed by atoms with Crippen molar-refractivity contribution in [3.8, 4) is 0 Å². The van der Waals surface area contributed by atoms with Gasteiger partial charge in [0.05, 0.1) is 6.10 Å². The highest BCUT2D eigenvalue weighted by atomic mass is 16.6. The second-order valence-corrected chi connectivity index (χ2v) is 3.99. The monoisotopic (exact) mass is 155 g/mol. The van der Waals surface area contributed by atoms with Crippen molar-refractivity contribution in [3.05, 3.63) is 0 Å². The molecule has 0 spiro atoms. The third kappa shape index (κ3) is 0.687. The van der Waals surface area contributed by atoms with E-state index >= 15 is 0 Å².